The highest BCUT2D eigenvalue weighted by Crippen LogP contribution is 2.30. The third-order valence-electron chi connectivity index (χ3n) is 8.03. The number of aromatic nitrogens is 4. The molecule has 1 aromatic carbocycles. The molecule has 4 aromatic rings. The number of amides is 2. The lowest BCUT2D eigenvalue weighted by molar-refractivity contribution is -0.130. The molecule has 1 saturated carbocycles. The van der Waals surface area contributed by atoms with E-state index in [9.17, 15) is 14.0 Å². The van der Waals surface area contributed by atoms with Crippen molar-refractivity contribution in [2.45, 2.75) is 44.6 Å². The highest BCUT2D eigenvalue weighted by molar-refractivity contribution is 5.96. The summed E-state index contributed by atoms with van der Waals surface area (Å²) < 4.78 is 18.5. The molecule has 0 atom stereocenters. The number of halogens is 1. The molecule has 2 fully saturated rings. The molecule has 3 aromatic heterocycles. The number of hydrogen-bond donors (Lipinski definition) is 1. The number of pyridine rings is 1. The number of hydrogen-bond acceptors (Lipinski definition) is 5. The Morgan fingerprint density at radius 2 is 1.85 bits per heavy atom. The fourth-order valence-corrected chi connectivity index (χ4v) is 5.39. The summed E-state index contributed by atoms with van der Waals surface area (Å²) in [5, 5.41) is 7.47. The first kappa shape index (κ1) is 26.2. The molecule has 0 spiro atoms. The number of nitrogens with one attached hydrogen (secondary N) is 1. The second-order valence-corrected chi connectivity index (χ2v) is 11.2. The van der Waals surface area contributed by atoms with Crippen LogP contribution in [-0.2, 0) is 4.79 Å². The van der Waals surface area contributed by atoms with Crippen molar-refractivity contribution in [3.05, 3.63) is 71.6 Å². The van der Waals surface area contributed by atoms with Gasteiger partial charge in [0.05, 0.1) is 24.5 Å². The van der Waals surface area contributed by atoms with Gasteiger partial charge in [0.1, 0.15) is 11.5 Å². The number of likely N-dealkylation sites (tertiary alicyclic amines) is 1. The Kier molecular flexibility index (Phi) is 6.87. The van der Waals surface area contributed by atoms with Crippen LogP contribution in [-0.4, -0.2) is 80.6 Å². The molecular weight excluding hydrogens is 509 g/mol. The lowest BCUT2D eigenvalue weighted by atomic mass is 9.90. The third kappa shape index (κ3) is 5.23. The van der Waals surface area contributed by atoms with Crippen molar-refractivity contribution in [2.24, 2.45) is 0 Å². The highest BCUT2D eigenvalue weighted by atomic mass is 19.1. The normalized spacial score (nSPS) is 16.4. The Bertz CT molecular complexity index is 1580. The Labute approximate surface area is 232 Å². The standard InChI is InChI=1S/C30H34FN7O2/c1-19-12-26(31)25(30(40)34-23-5-6-23)13-24(19)22-14-33-38(17-22)28-15-32-27-7-4-21(16-37(27)28)20-8-10-36(11-9-20)18-29(39)35(2)3/h4,7,12-17,20,23H,5-6,8-11,18H2,1-3H3,(H,34,40). The van der Waals surface area contributed by atoms with Gasteiger partial charge in [0.15, 0.2) is 5.82 Å². The van der Waals surface area contributed by atoms with Crippen LogP contribution in [0.3, 0.4) is 0 Å². The van der Waals surface area contributed by atoms with Gasteiger partial charge in [0.25, 0.3) is 5.91 Å². The van der Waals surface area contributed by atoms with Crippen molar-refractivity contribution in [2.75, 3.05) is 33.7 Å². The number of carbonyl (C=O) groups excluding carboxylic acids is 2. The number of carbonyl (C=O) groups is 2. The molecule has 0 bridgehead atoms. The fourth-order valence-electron chi connectivity index (χ4n) is 5.39. The molecule has 0 radical (unpaired) electrons. The second kappa shape index (κ2) is 10.5. The van der Waals surface area contributed by atoms with E-state index < -0.39 is 5.82 Å². The van der Waals surface area contributed by atoms with E-state index in [-0.39, 0.29) is 23.4 Å². The number of piperidine rings is 1. The molecule has 40 heavy (non-hydrogen) atoms. The first-order valence-corrected chi connectivity index (χ1v) is 13.8. The van der Waals surface area contributed by atoms with Crippen molar-refractivity contribution in [1.29, 1.82) is 0 Å². The molecule has 0 unspecified atom stereocenters. The molecule has 10 heteroatoms. The van der Waals surface area contributed by atoms with Gasteiger partial charge in [-0.15, -0.1) is 0 Å². The Morgan fingerprint density at radius 3 is 2.58 bits per heavy atom. The molecule has 1 aliphatic heterocycles. The van der Waals surface area contributed by atoms with Crippen molar-refractivity contribution >= 4 is 17.5 Å². The van der Waals surface area contributed by atoms with Crippen molar-refractivity contribution in [3.63, 3.8) is 0 Å². The SMILES string of the molecule is Cc1cc(F)c(C(=O)NC2CC2)cc1-c1cnn(-c2cnc3ccc(C4CCN(CC(=O)N(C)C)CC4)cn23)c1. The first-order valence-electron chi connectivity index (χ1n) is 13.8. The zero-order valence-electron chi connectivity index (χ0n) is 23.1. The zero-order chi connectivity index (χ0) is 28.0. The van der Waals surface area contributed by atoms with E-state index in [1.54, 1.807) is 42.1 Å². The van der Waals surface area contributed by atoms with Crippen LogP contribution in [0.1, 0.15) is 53.1 Å². The number of imidazole rings is 1. The number of likely N-dealkylation sites (N-methyl/N-ethyl adjacent to an activating group) is 1. The van der Waals surface area contributed by atoms with Crippen LogP contribution in [0.4, 0.5) is 4.39 Å². The molecule has 1 aliphatic carbocycles. The Balaban J connectivity index is 1.23. The van der Waals surface area contributed by atoms with E-state index in [1.807, 2.05) is 23.6 Å². The monoisotopic (exact) mass is 543 g/mol. The zero-order valence-corrected chi connectivity index (χ0v) is 23.1. The van der Waals surface area contributed by atoms with Crippen LogP contribution >= 0.6 is 0 Å². The summed E-state index contributed by atoms with van der Waals surface area (Å²) in [5.74, 6) is 0.439. The summed E-state index contributed by atoms with van der Waals surface area (Å²) >= 11 is 0. The molecule has 4 heterocycles. The molecule has 2 amide bonds. The number of rotatable bonds is 7. The minimum atomic E-state index is -0.517. The summed E-state index contributed by atoms with van der Waals surface area (Å²) in [5.41, 5.74) is 4.41. The van der Waals surface area contributed by atoms with Crippen molar-refractivity contribution < 1.29 is 14.0 Å². The largest absolute Gasteiger partial charge is 0.349 e. The molecular formula is C30H34FN7O2. The van der Waals surface area contributed by atoms with E-state index >= 15 is 0 Å². The van der Waals surface area contributed by atoms with E-state index in [1.165, 1.54) is 11.6 Å². The van der Waals surface area contributed by atoms with Gasteiger partial charge >= 0.3 is 0 Å². The summed E-state index contributed by atoms with van der Waals surface area (Å²) in [6.45, 7) is 4.07. The molecule has 1 saturated heterocycles. The number of aryl methyl sites for hydroxylation is 1. The van der Waals surface area contributed by atoms with Gasteiger partial charge < -0.3 is 10.2 Å². The predicted octanol–water partition coefficient (Wildman–Crippen LogP) is 3.79. The maximum absolute atomic E-state index is 14.7. The molecule has 6 rings (SSSR count). The van der Waals surface area contributed by atoms with Crippen LogP contribution in [0.2, 0.25) is 0 Å². The van der Waals surface area contributed by atoms with E-state index in [4.69, 9.17) is 0 Å². The third-order valence-corrected chi connectivity index (χ3v) is 8.03. The highest BCUT2D eigenvalue weighted by Gasteiger charge is 2.26. The van der Waals surface area contributed by atoms with Crippen molar-refractivity contribution in [1.82, 2.24) is 34.3 Å². The number of fused-ring (bicyclic) bond motifs is 1. The number of nitrogens with zero attached hydrogens (tertiary/aromatic N) is 6. The van der Waals surface area contributed by atoms with Crippen LogP contribution in [0.15, 0.2) is 49.1 Å². The van der Waals surface area contributed by atoms with Crippen LogP contribution in [0, 0.1) is 12.7 Å². The summed E-state index contributed by atoms with van der Waals surface area (Å²) in [6.07, 6.45) is 11.4. The second-order valence-electron chi connectivity index (χ2n) is 11.2. The van der Waals surface area contributed by atoms with Gasteiger partial charge in [-0.05, 0) is 86.5 Å². The lowest BCUT2D eigenvalue weighted by Gasteiger charge is -2.32. The van der Waals surface area contributed by atoms with Gasteiger partial charge in [-0.2, -0.15) is 5.10 Å². The van der Waals surface area contributed by atoms with E-state index in [0.717, 1.165) is 66.9 Å². The van der Waals surface area contributed by atoms with Crippen LogP contribution < -0.4 is 5.32 Å². The van der Waals surface area contributed by atoms with Gasteiger partial charge in [-0.3, -0.25) is 18.9 Å². The maximum atomic E-state index is 14.7. The minimum absolute atomic E-state index is 0.0526. The summed E-state index contributed by atoms with van der Waals surface area (Å²) in [6, 6.07) is 7.35. The molecule has 9 nitrogen and oxygen atoms in total. The maximum Gasteiger partial charge on any atom is 0.254 e. The summed E-state index contributed by atoms with van der Waals surface area (Å²) in [7, 11) is 3.59. The van der Waals surface area contributed by atoms with Gasteiger partial charge in [0.2, 0.25) is 5.91 Å². The van der Waals surface area contributed by atoms with E-state index in [2.05, 4.69) is 32.6 Å². The van der Waals surface area contributed by atoms with Crippen molar-refractivity contribution in [3.8, 4) is 16.9 Å². The topological polar surface area (TPSA) is 87.8 Å². The fraction of sp³-hybridized carbons (Fsp3) is 0.400. The minimum Gasteiger partial charge on any atom is -0.349 e. The summed E-state index contributed by atoms with van der Waals surface area (Å²) in [4.78, 5) is 33.1. The molecule has 1 N–H and O–H groups in total. The Hall–Kier alpha value is -4.05. The molecule has 2 aliphatic rings. The van der Waals surface area contributed by atoms with E-state index in [0.29, 0.717) is 12.5 Å². The number of benzene rings is 1. The lowest BCUT2D eigenvalue weighted by Crippen LogP contribution is -2.40. The predicted molar refractivity (Wildman–Crippen MR) is 150 cm³/mol. The van der Waals surface area contributed by atoms with Crippen LogP contribution in [0.25, 0.3) is 22.6 Å². The first-order chi connectivity index (χ1) is 19.3. The Morgan fingerprint density at radius 1 is 1.07 bits per heavy atom. The van der Waals surface area contributed by atoms with Gasteiger partial charge in [-0.25, -0.2) is 14.1 Å². The average Bonchev–Trinajstić information content (AvgIpc) is 3.44. The van der Waals surface area contributed by atoms with Gasteiger partial charge in [-0.1, -0.05) is 6.07 Å². The smallest absolute Gasteiger partial charge is 0.254 e. The van der Waals surface area contributed by atoms with Gasteiger partial charge in [0, 0.05) is 38.1 Å². The molecule has 208 valence electrons. The van der Waals surface area contributed by atoms with Crippen LogP contribution in [0.5, 0.6) is 0 Å². The quantitative estimate of drug-likeness (QED) is 0.383. The average molecular weight is 544 g/mol.